The van der Waals surface area contributed by atoms with Gasteiger partial charge in [-0.2, -0.15) is 0 Å². The van der Waals surface area contributed by atoms with Crippen molar-refractivity contribution in [1.82, 2.24) is 10.3 Å². The Morgan fingerprint density at radius 2 is 2.10 bits per heavy atom. The first-order valence-electron chi connectivity index (χ1n) is 7.21. The summed E-state index contributed by atoms with van der Waals surface area (Å²) in [6, 6.07) is 8.97. The number of halogens is 2. The van der Waals surface area contributed by atoms with Gasteiger partial charge in [-0.3, -0.25) is 4.98 Å². The van der Waals surface area contributed by atoms with Crippen molar-refractivity contribution in [2.45, 2.75) is 32.7 Å². The predicted molar refractivity (Wildman–Crippen MR) is 87.8 cm³/mol. The van der Waals surface area contributed by atoms with E-state index in [1.54, 1.807) is 12.3 Å². The van der Waals surface area contributed by atoms with E-state index in [0.717, 1.165) is 28.7 Å². The summed E-state index contributed by atoms with van der Waals surface area (Å²) >= 11 is 3.47. The average Bonchev–Trinajstić information content (AvgIpc) is 2.46. The molecule has 0 bridgehead atoms. The van der Waals surface area contributed by atoms with Crippen molar-refractivity contribution in [1.29, 1.82) is 0 Å². The first-order chi connectivity index (χ1) is 10.1. The van der Waals surface area contributed by atoms with Crippen LogP contribution in [0.5, 0.6) is 0 Å². The number of benzene rings is 1. The number of nitrogens with one attached hydrogen (secondary N) is 1. The molecule has 4 heteroatoms. The van der Waals surface area contributed by atoms with Crippen LogP contribution in [0.1, 0.15) is 36.2 Å². The Hall–Kier alpha value is -1.26. The molecule has 2 aromatic rings. The van der Waals surface area contributed by atoms with E-state index in [9.17, 15) is 4.39 Å². The lowest BCUT2D eigenvalue weighted by Crippen LogP contribution is -2.26. The van der Waals surface area contributed by atoms with Crippen LogP contribution < -0.4 is 5.32 Å². The summed E-state index contributed by atoms with van der Waals surface area (Å²) in [5.41, 5.74) is 2.81. The van der Waals surface area contributed by atoms with Crippen LogP contribution in [-0.2, 0) is 6.42 Å². The number of nitrogens with zero attached hydrogens (tertiary/aromatic N) is 1. The minimum absolute atomic E-state index is 0.0888. The molecule has 1 N–H and O–H groups in total. The van der Waals surface area contributed by atoms with E-state index in [0.29, 0.717) is 12.0 Å². The topological polar surface area (TPSA) is 24.9 Å². The molecular formula is C17H20BrFN2. The van der Waals surface area contributed by atoms with Gasteiger partial charge in [0.2, 0.25) is 0 Å². The second-order valence-corrected chi connectivity index (χ2v) is 5.97. The number of hydrogen-bond acceptors (Lipinski definition) is 2. The standard InChI is InChI=1S/C17H20BrFN2/c1-3-9-20-16(11-15-12(2)6-5-10-21-15)17-13(18)7-4-8-14(17)19/h4-8,10,16,20H,3,9,11H2,1-2H3. The van der Waals surface area contributed by atoms with Gasteiger partial charge >= 0.3 is 0 Å². The zero-order chi connectivity index (χ0) is 15.2. The average molecular weight is 351 g/mol. The van der Waals surface area contributed by atoms with Crippen LogP contribution >= 0.6 is 15.9 Å². The Morgan fingerprint density at radius 1 is 1.29 bits per heavy atom. The fourth-order valence-corrected chi connectivity index (χ4v) is 2.98. The monoisotopic (exact) mass is 350 g/mol. The molecule has 1 atom stereocenters. The molecule has 1 aromatic carbocycles. The van der Waals surface area contributed by atoms with E-state index >= 15 is 0 Å². The van der Waals surface area contributed by atoms with E-state index in [1.165, 1.54) is 6.07 Å². The van der Waals surface area contributed by atoms with Crippen molar-refractivity contribution < 1.29 is 4.39 Å². The van der Waals surface area contributed by atoms with Crippen LogP contribution in [0.3, 0.4) is 0 Å². The Kier molecular flexibility index (Phi) is 5.88. The molecule has 0 amide bonds. The van der Waals surface area contributed by atoms with Crippen LogP contribution in [0, 0.1) is 12.7 Å². The second kappa shape index (κ2) is 7.66. The molecule has 112 valence electrons. The first-order valence-corrected chi connectivity index (χ1v) is 8.00. The Balaban J connectivity index is 2.32. The van der Waals surface area contributed by atoms with Crippen molar-refractivity contribution in [2.24, 2.45) is 0 Å². The van der Waals surface area contributed by atoms with E-state index in [2.05, 4.69) is 33.2 Å². The van der Waals surface area contributed by atoms with Crippen molar-refractivity contribution in [3.63, 3.8) is 0 Å². The maximum Gasteiger partial charge on any atom is 0.129 e. The zero-order valence-corrected chi connectivity index (χ0v) is 14.0. The molecule has 0 aliphatic heterocycles. The molecule has 1 unspecified atom stereocenters. The maximum atomic E-state index is 14.2. The molecule has 0 saturated heterocycles. The summed E-state index contributed by atoms with van der Waals surface area (Å²) in [5.74, 6) is -0.188. The lowest BCUT2D eigenvalue weighted by atomic mass is 9.99. The highest BCUT2D eigenvalue weighted by atomic mass is 79.9. The molecule has 1 aromatic heterocycles. The fraction of sp³-hybridized carbons (Fsp3) is 0.353. The van der Waals surface area contributed by atoms with Crippen molar-refractivity contribution in [2.75, 3.05) is 6.54 Å². The van der Waals surface area contributed by atoms with Crippen LogP contribution in [-0.4, -0.2) is 11.5 Å². The van der Waals surface area contributed by atoms with E-state index < -0.39 is 0 Å². The van der Waals surface area contributed by atoms with Gasteiger partial charge in [0.1, 0.15) is 5.82 Å². The van der Waals surface area contributed by atoms with Gasteiger partial charge in [-0.15, -0.1) is 0 Å². The molecule has 0 fully saturated rings. The lowest BCUT2D eigenvalue weighted by molar-refractivity contribution is 0.490. The number of aromatic nitrogens is 1. The molecule has 0 saturated carbocycles. The quantitative estimate of drug-likeness (QED) is 0.824. The van der Waals surface area contributed by atoms with Gasteiger partial charge < -0.3 is 5.32 Å². The van der Waals surface area contributed by atoms with Gasteiger partial charge in [0.25, 0.3) is 0 Å². The molecule has 0 spiro atoms. The van der Waals surface area contributed by atoms with Gasteiger partial charge in [0.05, 0.1) is 0 Å². The number of pyridine rings is 1. The van der Waals surface area contributed by atoms with Crippen LogP contribution in [0.2, 0.25) is 0 Å². The fourth-order valence-electron chi connectivity index (χ4n) is 2.36. The predicted octanol–water partition coefficient (Wildman–Crippen LogP) is 4.58. The largest absolute Gasteiger partial charge is 0.309 e. The molecule has 2 nitrogen and oxygen atoms in total. The molecule has 0 aliphatic carbocycles. The molecule has 21 heavy (non-hydrogen) atoms. The van der Waals surface area contributed by atoms with Crippen molar-refractivity contribution in [3.8, 4) is 0 Å². The van der Waals surface area contributed by atoms with Crippen LogP contribution in [0.15, 0.2) is 41.0 Å². The molecule has 2 rings (SSSR count). The van der Waals surface area contributed by atoms with Crippen molar-refractivity contribution >= 4 is 15.9 Å². The summed E-state index contributed by atoms with van der Waals surface area (Å²) in [5, 5.41) is 3.43. The molecular weight excluding hydrogens is 331 g/mol. The van der Waals surface area contributed by atoms with Gasteiger partial charge in [0, 0.05) is 34.4 Å². The summed E-state index contributed by atoms with van der Waals surface area (Å²) in [7, 11) is 0. The maximum absolute atomic E-state index is 14.2. The summed E-state index contributed by atoms with van der Waals surface area (Å²) in [6.07, 6.45) is 3.46. The highest BCUT2D eigenvalue weighted by molar-refractivity contribution is 9.10. The minimum Gasteiger partial charge on any atom is -0.309 e. The number of rotatable bonds is 6. The Bertz CT molecular complexity index is 581. The SMILES string of the molecule is CCCNC(Cc1ncccc1C)c1c(F)cccc1Br. The third-order valence-electron chi connectivity index (χ3n) is 3.50. The highest BCUT2D eigenvalue weighted by Gasteiger charge is 2.19. The Morgan fingerprint density at radius 3 is 2.76 bits per heavy atom. The zero-order valence-electron chi connectivity index (χ0n) is 12.4. The second-order valence-electron chi connectivity index (χ2n) is 5.11. The van der Waals surface area contributed by atoms with Crippen LogP contribution in [0.25, 0.3) is 0 Å². The summed E-state index contributed by atoms with van der Waals surface area (Å²) < 4.78 is 15.0. The lowest BCUT2D eigenvalue weighted by Gasteiger charge is -2.21. The molecule has 1 heterocycles. The highest BCUT2D eigenvalue weighted by Crippen LogP contribution is 2.29. The number of aryl methyl sites for hydroxylation is 1. The van der Waals surface area contributed by atoms with Crippen molar-refractivity contribution in [3.05, 3.63) is 63.6 Å². The minimum atomic E-state index is -0.188. The normalized spacial score (nSPS) is 12.4. The van der Waals surface area contributed by atoms with E-state index in [-0.39, 0.29) is 11.9 Å². The molecule has 0 radical (unpaired) electrons. The first kappa shape index (κ1) is 16.1. The molecule has 0 aliphatic rings. The Labute approximate surface area is 133 Å². The van der Waals surface area contributed by atoms with Crippen LogP contribution in [0.4, 0.5) is 4.39 Å². The van der Waals surface area contributed by atoms with E-state index in [1.807, 2.05) is 25.1 Å². The van der Waals surface area contributed by atoms with Gasteiger partial charge in [-0.25, -0.2) is 4.39 Å². The van der Waals surface area contributed by atoms with Gasteiger partial charge in [-0.05, 0) is 43.7 Å². The smallest absolute Gasteiger partial charge is 0.129 e. The van der Waals surface area contributed by atoms with E-state index in [4.69, 9.17) is 0 Å². The number of hydrogen-bond donors (Lipinski definition) is 1. The van der Waals surface area contributed by atoms with Gasteiger partial charge in [-0.1, -0.05) is 35.0 Å². The van der Waals surface area contributed by atoms with Gasteiger partial charge in [0.15, 0.2) is 0 Å². The third kappa shape index (κ3) is 4.11. The summed E-state index contributed by atoms with van der Waals surface area (Å²) in [6.45, 7) is 4.99. The third-order valence-corrected chi connectivity index (χ3v) is 4.20. The summed E-state index contributed by atoms with van der Waals surface area (Å²) in [4.78, 5) is 4.43.